The molecule has 19 heavy (non-hydrogen) atoms. The lowest BCUT2D eigenvalue weighted by Gasteiger charge is -2.37. The first-order chi connectivity index (χ1) is 8.78. The van der Waals surface area contributed by atoms with E-state index < -0.39 is 12.7 Å². The molecule has 0 aromatic heterocycles. The molecule has 1 unspecified atom stereocenters. The number of halogens is 3. The van der Waals surface area contributed by atoms with Crippen LogP contribution in [0.3, 0.4) is 0 Å². The van der Waals surface area contributed by atoms with E-state index in [1.165, 1.54) is 4.90 Å². The third-order valence-electron chi connectivity index (χ3n) is 3.59. The van der Waals surface area contributed by atoms with Crippen LogP contribution in [0.1, 0.15) is 27.2 Å². The highest BCUT2D eigenvalue weighted by Crippen LogP contribution is 2.31. The highest BCUT2D eigenvalue weighted by molar-refractivity contribution is 4.89. The van der Waals surface area contributed by atoms with Gasteiger partial charge in [-0.15, -0.1) is 0 Å². The van der Waals surface area contributed by atoms with Gasteiger partial charge in [-0.1, -0.05) is 6.92 Å². The molecule has 1 heterocycles. The molecule has 0 amide bonds. The Morgan fingerprint density at radius 3 is 2.47 bits per heavy atom. The van der Waals surface area contributed by atoms with E-state index in [4.69, 9.17) is 4.74 Å². The quantitative estimate of drug-likeness (QED) is 0.775. The van der Waals surface area contributed by atoms with E-state index in [9.17, 15) is 13.2 Å². The largest absolute Gasteiger partial charge is 0.401 e. The molecule has 0 aliphatic carbocycles. The van der Waals surface area contributed by atoms with Crippen LogP contribution in [0.25, 0.3) is 0 Å². The summed E-state index contributed by atoms with van der Waals surface area (Å²) in [5, 5.41) is 3.25. The minimum absolute atomic E-state index is 0.124. The highest BCUT2D eigenvalue weighted by Gasteiger charge is 2.40. The van der Waals surface area contributed by atoms with Crippen molar-refractivity contribution < 1.29 is 17.9 Å². The van der Waals surface area contributed by atoms with Gasteiger partial charge in [0, 0.05) is 31.2 Å². The Hall–Kier alpha value is -0.330. The summed E-state index contributed by atoms with van der Waals surface area (Å²) in [5.41, 5.74) is -0.189. The predicted octanol–water partition coefficient (Wildman–Crippen LogP) is 2.28. The molecule has 0 aromatic carbocycles. The van der Waals surface area contributed by atoms with Crippen molar-refractivity contribution in [3.05, 3.63) is 0 Å². The van der Waals surface area contributed by atoms with Gasteiger partial charge >= 0.3 is 6.18 Å². The van der Waals surface area contributed by atoms with Gasteiger partial charge in [0.05, 0.1) is 13.2 Å². The summed E-state index contributed by atoms with van der Waals surface area (Å²) in [6.07, 6.45) is -3.33. The van der Waals surface area contributed by atoms with Crippen molar-refractivity contribution in [3.8, 4) is 0 Å². The summed E-state index contributed by atoms with van der Waals surface area (Å²) in [6, 6.07) is -0.124. The second-order valence-corrected chi connectivity index (χ2v) is 5.70. The van der Waals surface area contributed by atoms with E-state index >= 15 is 0 Å². The van der Waals surface area contributed by atoms with Crippen LogP contribution in [0, 0.1) is 5.41 Å². The Morgan fingerprint density at radius 1 is 1.37 bits per heavy atom. The van der Waals surface area contributed by atoms with Crippen LogP contribution < -0.4 is 5.32 Å². The molecule has 1 rings (SSSR count). The molecule has 1 atom stereocenters. The Bertz CT molecular complexity index is 263. The van der Waals surface area contributed by atoms with Crippen molar-refractivity contribution >= 4 is 0 Å². The molecule has 3 nitrogen and oxygen atoms in total. The predicted molar refractivity (Wildman–Crippen MR) is 69.2 cm³/mol. The Labute approximate surface area is 113 Å². The van der Waals surface area contributed by atoms with Crippen LogP contribution in [0.4, 0.5) is 13.2 Å². The third kappa shape index (κ3) is 5.67. The van der Waals surface area contributed by atoms with E-state index in [0.717, 1.165) is 13.0 Å². The number of rotatable bonds is 7. The zero-order chi connectivity index (χ0) is 14.5. The molecule has 6 heteroatoms. The summed E-state index contributed by atoms with van der Waals surface area (Å²) in [6.45, 7) is 7.91. The average molecular weight is 282 g/mol. The number of alkyl halides is 3. The Morgan fingerprint density at radius 2 is 2.05 bits per heavy atom. The zero-order valence-electron chi connectivity index (χ0n) is 12.0. The number of nitrogens with one attached hydrogen (secondary N) is 1. The molecule has 1 saturated heterocycles. The summed E-state index contributed by atoms with van der Waals surface area (Å²) in [5.74, 6) is 0. The maximum absolute atomic E-state index is 12.6. The van der Waals surface area contributed by atoms with Crippen molar-refractivity contribution in [1.82, 2.24) is 10.2 Å². The van der Waals surface area contributed by atoms with Crippen molar-refractivity contribution in [3.63, 3.8) is 0 Å². The van der Waals surface area contributed by atoms with Gasteiger partial charge in [0.15, 0.2) is 0 Å². The molecule has 0 radical (unpaired) electrons. The van der Waals surface area contributed by atoms with Crippen LogP contribution in [-0.4, -0.2) is 56.5 Å². The van der Waals surface area contributed by atoms with Gasteiger partial charge in [-0.25, -0.2) is 0 Å². The Balaban J connectivity index is 2.68. The van der Waals surface area contributed by atoms with Gasteiger partial charge in [-0.3, -0.25) is 4.90 Å². The van der Waals surface area contributed by atoms with E-state index in [-0.39, 0.29) is 11.5 Å². The van der Waals surface area contributed by atoms with Crippen molar-refractivity contribution in [2.45, 2.75) is 39.4 Å². The fraction of sp³-hybridized carbons (Fsp3) is 1.00. The fourth-order valence-corrected chi connectivity index (χ4v) is 2.44. The van der Waals surface area contributed by atoms with Gasteiger partial charge in [-0.2, -0.15) is 13.2 Å². The zero-order valence-corrected chi connectivity index (χ0v) is 12.0. The molecule has 114 valence electrons. The van der Waals surface area contributed by atoms with Crippen molar-refractivity contribution in [2.75, 3.05) is 39.4 Å². The van der Waals surface area contributed by atoms with E-state index in [0.29, 0.717) is 26.3 Å². The molecule has 1 aliphatic rings. The SMILES string of the molecule is CCNCC1(CN(CC(F)(F)F)C(C)C)CCOC1. The maximum atomic E-state index is 12.6. The normalized spacial score (nSPS) is 24.6. The van der Waals surface area contributed by atoms with Crippen molar-refractivity contribution in [1.29, 1.82) is 0 Å². The van der Waals surface area contributed by atoms with Crippen LogP contribution in [0.2, 0.25) is 0 Å². The standard InChI is InChI=1S/C13H25F3N2O/c1-4-17-7-12(5-6-19-10-12)8-18(11(2)3)9-13(14,15)16/h11,17H,4-10H2,1-3H3. The Kier molecular flexibility index (Phi) is 6.08. The van der Waals surface area contributed by atoms with Gasteiger partial charge in [0.1, 0.15) is 0 Å². The lowest BCUT2D eigenvalue weighted by molar-refractivity contribution is -0.153. The first kappa shape index (κ1) is 16.7. The molecular weight excluding hydrogens is 257 g/mol. The van der Waals surface area contributed by atoms with E-state index in [2.05, 4.69) is 5.32 Å². The lowest BCUT2D eigenvalue weighted by atomic mass is 9.86. The monoisotopic (exact) mass is 282 g/mol. The van der Waals surface area contributed by atoms with Crippen LogP contribution in [0.5, 0.6) is 0 Å². The number of hydrogen-bond acceptors (Lipinski definition) is 3. The van der Waals surface area contributed by atoms with E-state index in [1.54, 1.807) is 0 Å². The second kappa shape index (κ2) is 6.90. The summed E-state index contributed by atoms with van der Waals surface area (Å²) in [4.78, 5) is 1.51. The van der Waals surface area contributed by atoms with Crippen LogP contribution >= 0.6 is 0 Å². The smallest absolute Gasteiger partial charge is 0.381 e. The summed E-state index contributed by atoms with van der Waals surface area (Å²) in [7, 11) is 0. The van der Waals surface area contributed by atoms with E-state index in [1.807, 2.05) is 20.8 Å². The van der Waals surface area contributed by atoms with Crippen LogP contribution in [-0.2, 0) is 4.74 Å². The maximum Gasteiger partial charge on any atom is 0.401 e. The molecule has 0 spiro atoms. The number of hydrogen-bond donors (Lipinski definition) is 1. The van der Waals surface area contributed by atoms with Gasteiger partial charge in [0.2, 0.25) is 0 Å². The summed E-state index contributed by atoms with van der Waals surface area (Å²) < 4.78 is 43.3. The second-order valence-electron chi connectivity index (χ2n) is 5.70. The van der Waals surface area contributed by atoms with Gasteiger partial charge in [0.25, 0.3) is 0 Å². The first-order valence-corrected chi connectivity index (χ1v) is 6.87. The van der Waals surface area contributed by atoms with Gasteiger partial charge in [-0.05, 0) is 26.8 Å². The lowest BCUT2D eigenvalue weighted by Crippen LogP contribution is -2.49. The average Bonchev–Trinajstić information content (AvgIpc) is 2.73. The topological polar surface area (TPSA) is 24.5 Å². The number of nitrogens with zero attached hydrogens (tertiary/aromatic N) is 1. The molecule has 1 fully saturated rings. The third-order valence-corrected chi connectivity index (χ3v) is 3.59. The van der Waals surface area contributed by atoms with Crippen molar-refractivity contribution in [2.24, 2.45) is 5.41 Å². The number of ether oxygens (including phenoxy) is 1. The molecule has 0 bridgehead atoms. The highest BCUT2D eigenvalue weighted by atomic mass is 19.4. The molecular formula is C13H25F3N2O. The minimum atomic E-state index is -4.15. The summed E-state index contributed by atoms with van der Waals surface area (Å²) >= 11 is 0. The minimum Gasteiger partial charge on any atom is -0.381 e. The van der Waals surface area contributed by atoms with Gasteiger partial charge < -0.3 is 10.1 Å². The first-order valence-electron chi connectivity index (χ1n) is 6.87. The molecule has 1 aliphatic heterocycles. The molecule has 0 saturated carbocycles. The molecule has 1 N–H and O–H groups in total. The molecule has 0 aromatic rings. The van der Waals surface area contributed by atoms with Crippen LogP contribution in [0.15, 0.2) is 0 Å². The fourth-order valence-electron chi connectivity index (χ4n) is 2.44.